The van der Waals surface area contributed by atoms with Crippen molar-refractivity contribution in [1.29, 1.82) is 0 Å². The number of hydrogen-bond donors (Lipinski definition) is 2. The van der Waals surface area contributed by atoms with E-state index in [0.29, 0.717) is 22.4 Å². The second kappa shape index (κ2) is 8.17. The van der Waals surface area contributed by atoms with Crippen LogP contribution in [0, 0.1) is 29.1 Å². The SMILES string of the molecule is Fc1c(F)c(F)c(C2=C(Cl)c3cc4nc(cc5ccc(cc6ccc(cc2n3)[nH]6)[nH]5)C=C4)c(F)c1F. The molecule has 0 radical (unpaired) electrons. The molecular weight excluding hydrogens is 499 g/mol. The summed E-state index contributed by atoms with van der Waals surface area (Å²) in [4.78, 5) is 15.2. The summed E-state index contributed by atoms with van der Waals surface area (Å²) in [5, 5.41) is -0.283. The average Bonchev–Trinajstić information content (AvgIpc) is 3.64. The van der Waals surface area contributed by atoms with Gasteiger partial charge in [-0.25, -0.2) is 31.9 Å². The summed E-state index contributed by atoms with van der Waals surface area (Å²) in [5.41, 5.74) is 2.22. The van der Waals surface area contributed by atoms with Crippen LogP contribution in [-0.4, -0.2) is 19.9 Å². The van der Waals surface area contributed by atoms with E-state index in [9.17, 15) is 22.0 Å². The number of rotatable bonds is 1. The molecule has 5 heterocycles. The molecule has 4 nitrogen and oxygen atoms in total. The zero-order valence-electron chi connectivity index (χ0n) is 17.9. The van der Waals surface area contributed by atoms with Crippen LogP contribution in [0.1, 0.15) is 28.3 Å². The first-order valence-electron chi connectivity index (χ1n) is 10.6. The van der Waals surface area contributed by atoms with Crippen LogP contribution < -0.4 is 0 Å². The van der Waals surface area contributed by atoms with Crippen LogP contribution in [0.4, 0.5) is 22.0 Å². The molecule has 0 saturated heterocycles. The van der Waals surface area contributed by atoms with Gasteiger partial charge in [0.05, 0.1) is 33.4 Å². The maximum Gasteiger partial charge on any atom is 0.200 e. The number of halogens is 6. The Morgan fingerprint density at radius 2 is 1.06 bits per heavy atom. The number of nitrogens with zero attached hydrogens (tertiary/aromatic N) is 2. The lowest BCUT2D eigenvalue weighted by Gasteiger charge is -2.10. The van der Waals surface area contributed by atoms with Gasteiger partial charge in [0.2, 0.25) is 5.82 Å². The highest BCUT2D eigenvalue weighted by Gasteiger charge is 2.32. The highest BCUT2D eigenvalue weighted by atomic mass is 35.5. The van der Waals surface area contributed by atoms with Crippen molar-refractivity contribution in [3.8, 4) is 0 Å². The molecule has 2 N–H and O–H groups in total. The molecule has 178 valence electrons. The maximum atomic E-state index is 14.8. The Labute approximate surface area is 204 Å². The van der Waals surface area contributed by atoms with E-state index >= 15 is 0 Å². The Balaban J connectivity index is 1.71. The van der Waals surface area contributed by atoms with Crippen molar-refractivity contribution in [1.82, 2.24) is 19.9 Å². The monoisotopic (exact) mass is 510 g/mol. The molecule has 0 saturated carbocycles. The molecule has 0 aliphatic carbocycles. The van der Waals surface area contributed by atoms with Crippen LogP contribution in [0.5, 0.6) is 0 Å². The first-order valence-corrected chi connectivity index (χ1v) is 10.9. The van der Waals surface area contributed by atoms with Crippen molar-refractivity contribution in [2.75, 3.05) is 0 Å². The fourth-order valence-electron chi connectivity index (χ4n) is 4.10. The molecule has 0 fully saturated rings. The highest BCUT2D eigenvalue weighted by Crippen LogP contribution is 2.41. The van der Waals surface area contributed by atoms with E-state index in [1.807, 2.05) is 24.3 Å². The molecule has 36 heavy (non-hydrogen) atoms. The lowest BCUT2D eigenvalue weighted by molar-refractivity contribution is 0.376. The van der Waals surface area contributed by atoms with Gasteiger partial charge in [-0.05, 0) is 60.7 Å². The fraction of sp³-hybridized carbons (Fsp3) is 0. The summed E-state index contributed by atoms with van der Waals surface area (Å²) in [6, 6.07) is 13.8. The van der Waals surface area contributed by atoms with Crippen LogP contribution >= 0.6 is 11.6 Å². The van der Waals surface area contributed by atoms with Gasteiger partial charge in [-0.3, -0.25) is 0 Å². The Hall–Kier alpha value is -4.24. The van der Waals surface area contributed by atoms with E-state index in [1.54, 1.807) is 24.3 Å². The molecule has 0 spiro atoms. The number of nitrogens with one attached hydrogen (secondary N) is 2. The van der Waals surface area contributed by atoms with Crippen molar-refractivity contribution >= 4 is 56.4 Å². The molecule has 10 heteroatoms. The Morgan fingerprint density at radius 1 is 0.556 bits per heavy atom. The lowest BCUT2D eigenvalue weighted by Crippen LogP contribution is -2.07. The lowest BCUT2D eigenvalue weighted by atomic mass is 10.0. The van der Waals surface area contributed by atoms with Gasteiger partial charge in [0, 0.05) is 27.6 Å². The van der Waals surface area contributed by atoms with Crippen molar-refractivity contribution < 1.29 is 22.0 Å². The summed E-state index contributed by atoms with van der Waals surface area (Å²) in [7, 11) is 0. The molecule has 3 aromatic heterocycles. The van der Waals surface area contributed by atoms with Gasteiger partial charge < -0.3 is 9.97 Å². The minimum Gasteiger partial charge on any atom is -0.355 e. The number of aromatic nitrogens is 4. The van der Waals surface area contributed by atoms with E-state index in [-0.39, 0.29) is 16.4 Å². The molecule has 0 atom stereocenters. The third kappa shape index (κ3) is 3.59. The Morgan fingerprint density at radius 3 is 1.67 bits per heavy atom. The van der Waals surface area contributed by atoms with Crippen molar-refractivity contribution in [3.63, 3.8) is 0 Å². The van der Waals surface area contributed by atoms with Crippen molar-refractivity contribution in [2.45, 2.75) is 0 Å². The summed E-state index contributed by atoms with van der Waals surface area (Å²) in [6.07, 6.45) is 3.43. The van der Waals surface area contributed by atoms with Gasteiger partial charge in [-0.2, -0.15) is 0 Å². The average molecular weight is 511 g/mol. The van der Waals surface area contributed by atoms with Crippen molar-refractivity contribution in [2.24, 2.45) is 0 Å². The third-order valence-electron chi connectivity index (χ3n) is 5.74. The second-order valence-corrected chi connectivity index (χ2v) is 8.50. The predicted octanol–water partition coefficient (Wildman–Crippen LogP) is 7.34. The maximum absolute atomic E-state index is 14.8. The number of fused-ring (bicyclic) bond motifs is 8. The first kappa shape index (κ1) is 22.2. The number of benzene rings is 1. The molecule has 6 rings (SSSR count). The van der Waals surface area contributed by atoms with Gasteiger partial charge in [0.25, 0.3) is 0 Å². The predicted molar refractivity (Wildman–Crippen MR) is 128 cm³/mol. The molecule has 8 bridgehead atoms. The smallest absolute Gasteiger partial charge is 0.200 e. The molecular formula is C26H12ClF5N4. The molecule has 2 aliphatic heterocycles. The zero-order valence-corrected chi connectivity index (χ0v) is 18.7. The van der Waals surface area contributed by atoms with E-state index in [4.69, 9.17) is 11.6 Å². The molecule has 0 amide bonds. The second-order valence-electron chi connectivity index (χ2n) is 8.13. The highest BCUT2D eigenvalue weighted by molar-refractivity contribution is 6.53. The summed E-state index contributed by atoms with van der Waals surface area (Å²) in [5.74, 6) is -10.4. The topological polar surface area (TPSA) is 57.4 Å². The number of hydrogen-bond acceptors (Lipinski definition) is 2. The summed E-state index contributed by atoms with van der Waals surface area (Å²) < 4.78 is 71.4. The third-order valence-corrected chi connectivity index (χ3v) is 6.12. The zero-order chi connectivity index (χ0) is 25.1. The fourth-order valence-corrected chi connectivity index (χ4v) is 4.39. The van der Waals surface area contributed by atoms with E-state index in [2.05, 4.69) is 19.9 Å². The number of H-pyrrole nitrogens is 2. The van der Waals surface area contributed by atoms with Gasteiger partial charge in [0.15, 0.2) is 23.3 Å². The minimum atomic E-state index is -2.26. The van der Waals surface area contributed by atoms with Crippen LogP contribution in [0.15, 0.2) is 48.5 Å². The van der Waals surface area contributed by atoms with E-state index in [0.717, 1.165) is 11.0 Å². The van der Waals surface area contributed by atoms with Crippen molar-refractivity contribution in [3.05, 3.63) is 106 Å². The van der Waals surface area contributed by atoms with Gasteiger partial charge in [0.1, 0.15) is 0 Å². The molecule has 2 aliphatic rings. The van der Waals surface area contributed by atoms with Crippen LogP contribution in [0.25, 0.3) is 44.8 Å². The molecule has 0 unspecified atom stereocenters. The summed E-state index contributed by atoms with van der Waals surface area (Å²) >= 11 is 6.47. The largest absolute Gasteiger partial charge is 0.355 e. The molecule has 1 aromatic carbocycles. The first-order chi connectivity index (χ1) is 17.3. The van der Waals surface area contributed by atoms with Gasteiger partial charge in [-0.1, -0.05) is 11.6 Å². The van der Waals surface area contributed by atoms with Crippen LogP contribution in [-0.2, 0) is 0 Å². The van der Waals surface area contributed by atoms with E-state index in [1.165, 1.54) is 12.1 Å². The van der Waals surface area contributed by atoms with Gasteiger partial charge >= 0.3 is 0 Å². The Kier molecular flexibility index (Phi) is 5.04. The summed E-state index contributed by atoms with van der Waals surface area (Å²) in [6.45, 7) is 0. The van der Waals surface area contributed by atoms with Gasteiger partial charge in [-0.15, -0.1) is 0 Å². The standard InChI is InChI=1S/C26H12ClF5N4/c27-21-18-10-16-6-4-14(35-16)8-12-2-1-11(33-12)7-13-3-5-15(34-13)9-17(36-18)19(21)20-22(28)24(30)26(32)25(31)23(20)29/h1-10,33-34H. The minimum absolute atomic E-state index is 0.0547. The van der Waals surface area contributed by atoms with Crippen LogP contribution in [0.2, 0.25) is 0 Å². The quantitative estimate of drug-likeness (QED) is 0.141. The molecule has 4 aromatic rings. The Bertz CT molecular complexity index is 1790. The number of aromatic amines is 2. The van der Waals surface area contributed by atoms with Crippen LogP contribution in [0.3, 0.4) is 0 Å². The normalized spacial score (nSPS) is 13.1. The van der Waals surface area contributed by atoms with E-state index < -0.39 is 40.2 Å².